The van der Waals surface area contributed by atoms with E-state index in [9.17, 15) is 0 Å². The largest absolute Gasteiger partial charge is 0.496 e. The van der Waals surface area contributed by atoms with E-state index in [1.807, 2.05) is 13.1 Å². The maximum atomic E-state index is 5.91. The maximum absolute atomic E-state index is 5.91. The van der Waals surface area contributed by atoms with Gasteiger partial charge >= 0.3 is 0 Å². The van der Waals surface area contributed by atoms with Gasteiger partial charge in [0.2, 0.25) is 0 Å². The first-order valence-electron chi connectivity index (χ1n) is 6.08. The van der Waals surface area contributed by atoms with E-state index in [0.717, 1.165) is 48.6 Å². The van der Waals surface area contributed by atoms with Gasteiger partial charge in [-0.25, -0.2) is 0 Å². The molecule has 19 heavy (non-hydrogen) atoms. The van der Waals surface area contributed by atoms with Gasteiger partial charge in [-0.1, -0.05) is 0 Å². The molecule has 0 radical (unpaired) electrons. The molecule has 1 saturated heterocycles. The van der Waals surface area contributed by atoms with Crippen LogP contribution in [0.5, 0.6) is 5.75 Å². The summed E-state index contributed by atoms with van der Waals surface area (Å²) in [4.78, 5) is 6.87. The summed E-state index contributed by atoms with van der Waals surface area (Å²) >= 11 is 0. The van der Waals surface area contributed by atoms with Crippen LogP contribution in [-0.4, -0.2) is 36.1 Å². The topological polar surface area (TPSA) is 51.4 Å². The Morgan fingerprint density at radius 1 is 1.42 bits per heavy atom. The minimum absolute atomic E-state index is 0. The third kappa shape index (κ3) is 4.21. The normalized spacial score (nSPS) is 18.6. The SMILES string of the molecule is COc1c(C)cnc(CN2CCC(N)C2)c1C.Cl.Cl. The van der Waals surface area contributed by atoms with Gasteiger partial charge in [-0.3, -0.25) is 9.88 Å². The molecule has 0 saturated carbocycles. The van der Waals surface area contributed by atoms with E-state index in [1.165, 1.54) is 0 Å². The average Bonchev–Trinajstić information content (AvgIpc) is 2.69. The molecule has 1 aromatic heterocycles. The van der Waals surface area contributed by atoms with Gasteiger partial charge < -0.3 is 10.5 Å². The molecule has 1 aliphatic heterocycles. The Morgan fingerprint density at radius 2 is 2.11 bits per heavy atom. The summed E-state index contributed by atoms with van der Waals surface area (Å²) in [5.41, 5.74) is 9.24. The second-order valence-corrected chi connectivity index (χ2v) is 4.83. The van der Waals surface area contributed by atoms with Crippen molar-refractivity contribution in [2.45, 2.75) is 32.9 Å². The van der Waals surface area contributed by atoms with Gasteiger partial charge in [-0.15, -0.1) is 24.8 Å². The Bertz CT molecular complexity index is 415. The van der Waals surface area contributed by atoms with E-state index in [2.05, 4.69) is 16.8 Å². The zero-order valence-electron chi connectivity index (χ0n) is 11.7. The summed E-state index contributed by atoms with van der Waals surface area (Å²) in [6.45, 7) is 7.00. The molecule has 0 amide bonds. The lowest BCUT2D eigenvalue weighted by Crippen LogP contribution is -2.26. The van der Waals surface area contributed by atoms with Crippen LogP contribution in [-0.2, 0) is 6.54 Å². The zero-order valence-corrected chi connectivity index (χ0v) is 13.3. The van der Waals surface area contributed by atoms with Gasteiger partial charge in [0.15, 0.2) is 0 Å². The molecular formula is C13H23Cl2N3O. The molecule has 0 aliphatic carbocycles. The second kappa shape index (κ2) is 7.90. The number of halogens is 2. The fraction of sp³-hybridized carbons (Fsp3) is 0.615. The van der Waals surface area contributed by atoms with Crippen molar-refractivity contribution < 1.29 is 4.74 Å². The van der Waals surface area contributed by atoms with E-state index >= 15 is 0 Å². The molecule has 1 unspecified atom stereocenters. The van der Waals surface area contributed by atoms with E-state index in [4.69, 9.17) is 10.5 Å². The number of aromatic nitrogens is 1. The van der Waals surface area contributed by atoms with Gasteiger partial charge in [0.1, 0.15) is 5.75 Å². The summed E-state index contributed by atoms with van der Waals surface area (Å²) in [6, 6.07) is 0.322. The van der Waals surface area contributed by atoms with Crippen molar-refractivity contribution in [1.29, 1.82) is 0 Å². The Morgan fingerprint density at radius 3 is 2.63 bits per heavy atom. The molecule has 2 rings (SSSR count). The monoisotopic (exact) mass is 307 g/mol. The highest BCUT2D eigenvalue weighted by Crippen LogP contribution is 2.25. The Balaban J connectivity index is 0.00000162. The smallest absolute Gasteiger partial charge is 0.128 e. The molecule has 6 heteroatoms. The van der Waals surface area contributed by atoms with Crippen molar-refractivity contribution in [3.8, 4) is 5.75 Å². The van der Waals surface area contributed by atoms with E-state index in [-0.39, 0.29) is 24.8 Å². The lowest BCUT2D eigenvalue weighted by molar-refractivity contribution is 0.320. The molecule has 4 nitrogen and oxygen atoms in total. The molecule has 0 bridgehead atoms. The van der Waals surface area contributed by atoms with Crippen LogP contribution < -0.4 is 10.5 Å². The Kier molecular flexibility index (Phi) is 7.67. The maximum Gasteiger partial charge on any atom is 0.128 e. The number of nitrogens with two attached hydrogens (primary N) is 1. The molecule has 110 valence electrons. The minimum Gasteiger partial charge on any atom is -0.496 e. The number of methoxy groups -OCH3 is 1. The van der Waals surface area contributed by atoms with E-state index < -0.39 is 0 Å². The van der Waals surface area contributed by atoms with Gasteiger partial charge in [0.05, 0.1) is 12.8 Å². The fourth-order valence-electron chi connectivity index (χ4n) is 2.45. The van der Waals surface area contributed by atoms with Crippen LogP contribution in [0.15, 0.2) is 6.20 Å². The van der Waals surface area contributed by atoms with Gasteiger partial charge in [-0.05, 0) is 20.3 Å². The summed E-state index contributed by atoms with van der Waals surface area (Å²) in [7, 11) is 1.71. The number of hydrogen-bond donors (Lipinski definition) is 1. The average molecular weight is 308 g/mol. The van der Waals surface area contributed by atoms with Crippen molar-refractivity contribution in [3.05, 3.63) is 23.0 Å². The van der Waals surface area contributed by atoms with Crippen molar-refractivity contribution in [3.63, 3.8) is 0 Å². The highest BCUT2D eigenvalue weighted by Gasteiger charge is 2.20. The molecular weight excluding hydrogens is 285 g/mol. The predicted molar refractivity (Wildman–Crippen MR) is 82.6 cm³/mol. The van der Waals surface area contributed by atoms with Crippen molar-refractivity contribution >= 4 is 24.8 Å². The van der Waals surface area contributed by atoms with Gasteiger partial charge in [0.25, 0.3) is 0 Å². The molecule has 1 atom stereocenters. The molecule has 2 heterocycles. The molecule has 0 spiro atoms. The van der Waals surface area contributed by atoms with Crippen LogP contribution in [0.2, 0.25) is 0 Å². The summed E-state index contributed by atoms with van der Waals surface area (Å²) in [5, 5.41) is 0. The molecule has 0 aromatic carbocycles. The number of likely N-dealkylation sites (tertiary alicyclic amines) is 1. The number of nitrogens with zero attached hydrogens (tertiary/aromatic N) is 2. The Hall–Kier alpha value is -0.550. The van der Waals surface area contributed by atoms with Gasteiger partial charge in [0, 0.05) is 43.0 Å². The first kappa shape index (κ1) is 18.4. The first-order valence-corrected chi connectivity index (χ1v) is 6.08. The number of aryl methyl sites for hydroxylation is 1. The van der Waals surface area contributed by atoms with Crippen LogP contribution in [0, 0.1) is 13.8 Å². The summed E-state index contributed by atoms with van der Waals surface area (Å²) in [6.07, 6.45) is 2.97. The third-order valence-electron chi connectivity index (χ3n) is 3.43. The standard InChI is InChI=1S/C13H21N3O.2ClH/c1-9-6-15-12(10(2)13(9)17-3)8-16-5-4-11(14)7-16;;/h6,11H,4-5,7-8,14H2,1-3H3;2*1H. The predicted octanol–water partition coefficient (Wildman–Crippen LogP) is 2.08. The molecule has 1 aliphatic rings. The lowest BCUT2D eigenvalue weighted by atomic mass is 10.1. The first-order chi connectivity index (χ1) is 8.11. The van der Waals surface area contributed by atoms with Gasteiger partial charge in [-0.2, -0.15) is 0 Å². The fourth-order valence-corrected chi connectivity index (χ4v) is 2.45. The second-order valence-electron chi connectivity index (χ2n) is 4.83. The minimum atomic E-state index is 0. The quantitative estimate of drug-likeness (QED) is 0.929. The van der Waals surface area contributed by atoms with E-state index in [0.29, 0.717) is 6.04 Å². The molecule has 1 aromatic rings. The lowest BCUT2D eigenvalue weighted by Gasteiger charge is -2.18. The van der Waals surface area contributed by atoms with Crippen molar-refractivity contribution in [2.24, 2.45) is 5.73 Å². The van der Waals surface area contributed by atoms with Crippen LogP contribution >= 0.6 is 24.8 Å². The zero-order chi connectivity index (χ0) is 12.4. The van der Waals surface area contributed by atoms with Crippen molar-refractivity contribution in [1.82, 2.24) is 9.88 Å². The van der Waals surface area contributed by atoms with Crippen LogP contribution in [0.25, 0.3) is 0 Å². The molecule has 1 fully saturated rings. The summed E-state index contributed by atoms with van der Waals surface area (Å²) < 4.78 is 5.42. The number of rotatable bonds is 3. The molecule has 2 N–H and O–H groups in total. The number of pyridine rings is 1. The van der Waals surface area contributed by atoms with Crippen LogP contribution in [0.4, 0.5) is 0 Å². The summed E-state index contributed by atoms with van der Waals surface area (Å²) in [5.74, 6) is 0.957. The third-order valence-corrected chi connectivity index (χ3v) is 3.43. The Labute approximate surface area is 127 Å². The van der Waals surface area contributed by atoms with Crippen LogP contribution in [0.3, 0.4) is 0 Å². The highest BCUT2D eigenvalue weighted by molar-refractivity contribution is 5.85. The van der Waals surface area contributed by atoms with E-state index in [1.54, 1.807) is 7.11 Å². The van der Waals surface area contributed by atoms with Crippen LogP contribution in [0.1, 0.15) is 23.2 Å². The highest BCUT2D eigenvalue weighted by atomic mass is 35.5. The number of ether oxygens (including phenoxy) is 1. The van der Waals surface area contributed by atoms with Crippen molar-refractivity contribution in [2.75, 3.05) is 20.2 Å². The number of hydrogen-bond acceptors (Lipinski definition) is 4.